The van der Waals surface area contributed by atoms with Crippen LogP contribution in [0.4, 0.5) is 5.69 Å². The molecule has 4 rings (SSSR count). The number of unbranched alkanes of at least 4 members (excludes halogenated alkanes) is 4. The Hall–Kier alpha value is -3.07. The van der Waals surface area contributed by atoms with E-state index in [9.17, 15) is 14.4 Å². The smallest absolute Gasteiger partial charge is 0.329 e. The molecule has 2 unspecified atom stereocenters. The number of amides is 2. The van der Waals surface area contributed by atoms with Gasteiger partial charge in [0.1, 0.15) is 5.75 Å². The van der Waals surface area contributed by atoms with Gasteiger partial charge in [-0.3, -0.25) is 24.0 Å². The van der Waals surface area contributed by atoms with E-state index in [1.165, 1.54) is 19.3 Å². The molecule has 8 nitrogen and oxygen atoms in total. The lowest BCUT2D eigenvalue weighted by Crippen LogP contribution is -2.45. The number of methoxy groups -OCH3 is 1. The van der Waals surface area contributed by atoms with Gasteiger partial charge < -0.3 is 10.1 Å². The number of para-hydroxylation sites is 1. The van der Waals surface area contributed by atoms with Crippen LogP contribution in [-0.4, -0.2) is 39.9 Å². The molecule has 1 aliphatic rings. The second-order valence-electron chi connectivity index (χ2n) is 9.54. The lowest BCUT2D eigenvalue weighted by molar-refractivity contribution is -0.137. The van der Waals surface area contributed by atoms with Crippen LogP contribution in [-0.2, 0) is 16.6 Å². The molecular weight excluding hydrogens is 536 g/mol. The third-order valence-corrected chi connectivity index (χ3v) is 7.69. The van der Waals surface area contributed by atoms with Crippen molar-refractivity contribution in [2.75, 3.05) is 24.3 Å². The molecule has 0 radical (unpaired) electrons. The molecular formula is C28H35BrN4O4. The molecule has 0 aliphatic carbocycles. The fourth-order valence-corrected chi connectivity index (χ4v) is 5.59. The Labute approximate surface area is 225 Å². The van der Waals surface area contributed by atoms with E-state index in [1.807, 2.05) is 42.5 Å². The van der Waals surface area contributed by atoms with E-state index >= 15 is 0 Å². The summed E-state index contributed by atoms with van der Waals surface area (Å²) in [6.45, 7) is 0.821. The number of nitrogens with zero attached hydrogens (tertiary/aromatic N) is 2. The molecule has 2 heterocycles. The molecule has 2 N–H and O–H groups in total. The van der Waals surface area contributed by atoms with Gasteiger partial charge in [-0.05, 0) is 49.1 Å². The number of nitrogens with one attached hydrogen (secondary N) is 2. The molecule has 1 saturated heterocycles. The summed E-state index contributed by atoms with van der Waals surface area (Å²) >= 11 is 3.48. The minimum absolute atomic E-state index is 0.204. The highest BCUT2D eigenvalue weighted by atomic mass is 79.9. The number of alkyl halides is 1. The Morgan fingerprint density at radius 1 is 1.05 bits per heavy atom. The van der Waals surface area contributed by atoms with E-state index in [-0.39, 0.29) is 23.9 Å². The number of anilines is 1. The molecule has 1 aliphatic heterocycles. The van der Waals surface area contributed by atoms with Crippen molar-refractivity contribution in [2.24, 2.45) is 13.0 Å². The maximum atomic E-state index is 13.7. The van der Waals surface area contributed by atoms with E-state index in [0.717, 1.165) is 47.0 Å². The number of benzene rings is 2. The van der Waals surface area contributed by atoms with Crippen molar-refractivity contribution in [1.82, 2.24) is 14.5 Å². The summed E-state index contributed by atoms with van der Waals surface area (Å²) in [6, 6.07) is 12.7. The van der Waals surface area contributed by atoms with Gasteiger partial charge in [0, 0.05) is 25.3 Å². The van der Waals surface area contributed by atoms with E-state index in [4.69, 9.17) is 4.74 Å². The average molecular weight is 572 g/mol. The third kappa shape index (κ3) is 5.92. The Bertz CT molecular complexity index is 1300. The molecule has 1 fully saturated rings. The average Bonchev–Trinajstić information content (AvgIpc) is 3.15. The Morgan fingerprint density at radius 2 is 1.78 bits per heavy atom. The van der Waals surface area contributed by atoms with Crippen LogP contribution in [0.2, 0.25) is 0 Å². The lowest BCUT2D eigenvalue weighted by atomic mass is 9.86. The van der Waals surface area contributed by atoms with Gasteiger partial charge in [0.2, 0.25) is 11.8 Å². The Morgan fingerprint density at radius 3 is 2.49 bits per heavy atom. The van der Waals surface area contributed by atoms with Gasteiger partial charge in [0.15, 0.2) is 0 Å². The minimum atomic E-state index is -0.570. The van der Waals surface area contributed by atoms with Crippen molar-refractivity contribution in [2.45, 2.75) is 51.0 Å². The molecule has 2 aromatic carbocycles. The van der Waals surface area contributed by atoms with Gasteiger partial charge in [-0.15, -0.1) is 0 Å². The number of aromatic nitrogens is 2. The van der Waals surface area contributed by atoms with E-state index in [0.29, 0.717) is 12.2 Å². The fourth-order valence-electron chi connectivity index (χ4n) is 5.20. The van der Waals surface area contributed by atoms with Crippen molar-refractivity contribution >= 4 is 44.5 Å². The van der Waals surface area contributed by atoms with Crippen LogP contribution in [0.1, 0.15) is 56.6 Å². The molecule has 37 heavy (non-hydrogen) atoms. The van der Waals surface area contributed by atoms with E-state index in [1.54, 1.807) is 23.3 Å². The highest BCUT2D eigenvalue weighted by Crippen LogP contribution is 2.35. The zero-order valence-corrected chi connectivity index (χ0v) is 23.1. The number of piperidine rings is 1. The fraction of sp³-hybridized carbons (Fsp3) is 0.464. The van der Waals surface area contributed by atoms with Crippen LogP contribution < -0.4 is 21.1 Å². The number of imide groups is 1. The number of hydrogen-bond acceptors (Lipinski definition) is 5. The molecule has 9 heteroatoms. The molecule has 198 valence electrons. The number of carbonyl (C=O) groups is 2. The first-order valence-electron chi connectivity index (χ1n) is 12.9. The van der Waals surface area contributed by atoms with Crippen molar-refractivity contribution < 1.29 is 14.3 Å². The number of halogens is 1. The summed E-state index contributed by atoms with van der Waals surface area (Å²) in [5, 5.41) is 7.05. The molecule has 0 bridgehead atoms. The van der Waals surface area contributed by atoms with Gasteiger partial charge in [-0.1, -0.05) is 53.4 Å². The molecule has 0 spiro atoms. The molecule has 2 atom stereocenters. The van der Waals surface area contributed by atoms with Gasteiger partial charge >= 0.3 is 5.69 Å². The summed E-state index contributed by atoms with van der Waals surface area (Å²) in [6.07, 6.45) is 6.46. The van der Waals surface area contributed by atoms with Gasteiger partial charge in [-0.2, -0.15) is 0 Å². The normalized spacial score (nSPS) is 16.6. The number of aryl methyl sites for hydroxylation is 1. The highest BCUT2D eigenvalue weighted by molar-refractivity contribution is 9.09. The first-order chi connectivity index (χ1) is 18.0. The maximum Gasteiger partial charge on any atom is 0.329 e. The predicted molar refractivity (Wildman–Crippen MR) is 150 cm³/mol. The Balaban J connectivity index is 1.71. The number of carbonyl (C=O) groups excluding carboxylic acids is 2. The van der Waals surface area contributed by atoms with E-state index in [2.05, 4.69) is 26.6 Å². The Kier molecular flexibility index (Phi) is 9.08. The largest absolute Gasteiger partial charge is 0.497 e. The zero-order valence-electron chi connectivity index (χ0n) is 21.5. The molecule has 1 aromatic heterocycles. The topological polar surface area (TPSA) is 94.4 Å². The first-order valence-corrected chi connectivity index (χ1v) is 14.1. The van der Waals surface area contributed by atoms with Crippen LogP contribution in [0, 0.1) is 5.92 Å². The minimum Gasteiger partial charge on any atom is -0.497 e. The van der Waals surface area contributed by atoms with Gasteiger partial charge in [0.25, 0.3) is 0 Å². The van der Waals surface area contributed by atoms with Gasteiger partial charge in [-0.25, -0.2) is 4.79 Å². The zero-order chi connectivity index (χ0) is 26.4. The maximum absolute atomic E-state index is 13.7. The van der Waals surface area contributed by atoms with Crippen LogP contribution in [0.3, 0.4) is 0 Å². The third-order valence-electron chi connectivity index (χ3n) is 7.13. The summed E-state index contributed by atoms with van der Waals surface area (Å²) in [7, 11) is 3.36. The summed E-state index contributed by atoms with van der Waals surface area (Å²) in [5.41, 5.74) is 3.06. The van der Waals surface area contributed by atoms with Crippen molar-refractivity contribution in [3.8, 4) is 5.75 Å². The lowest BCUT2D eigenvalue weighted by Gasteiger charge is -2.30. The summed E-state index contributed by atoms with van der Waals surface area (Å²) < 4.78 is 8.68. The first kappa shape index (κ1) is 27.0. The van der Waals surface area contributed by atoms with Crippen molar-refractivity contribution in [1.29, 1.82) is 0 Å². The second-order valence-corrected chi connectivity index (χ2v) is 10.3. The van der Waals surface area contributed by atoms with Crippen LogP contribution in [0.15, 0.2) is 47.3 Å². The van der Waals surface area contributed by atoms with Gasteiger partial charge in [0.05, 0.1) is 35.8 Å². The van der Waals surface area contributed by atoms with Crippen LogP contribution in [0.5, 0.6) is 5.75 Å². The number of imidazole rings is 1. The highest BCUT2D eigenvalue weighted by Gasteiger charge is 2.37. The SMILES string of the molecule is COc1ccc(C(C2CCC(=O)NC2=O)n2c(=O)n(C)c3c(NCCCCCCCBr)cccc32)cc1. The summed E-state index contributed by atoms with van der Waals surface area (Å²) in [4.78, 5) is 38.6. The monoisotopic (exact) mass is 570 g/mol. The van der Waals surface area contributed by atoms with Crippen molar-refractivity contribution in [3.05, 3.63) is 58.5 Å². The van der Waals surface area contributed by atoms with Crippen molar-refractivity contribution in [3.63, 3.8) is 0 Å². The molecule has 3 aromatic rings. The van der Waals surface area contributed by atoms with E-state index < -0.39 is 12.0 Å². The van der Waals surface area contributed by atoms with Crippen LogP contribution >= 0.6 is 15.9 Å². The number of ether oxygens (including phenoxy) is 1. The standard InChI is InChI=1S/C28H35BrN4O4/c1-32-26-22(30-18-7-5-3-4-6-17-29)9-8-10-23(26)33(28(32)36)25(19-11-13-20(37-2)14-12-19)21-15-16-24(34)31-27(21)35/h8-14,21,25,30H,3-7,15-18H2,1-2H3,(H,31,34,35). The summed E-state index contributed by atoms with van der Waals surface area (Å²) in [5.74, 6) is -0.505. The molecule has 0 saturated carbocycles. The molecule has 2 amide bonds. The predicted octanol–water partition coefficient (Wildman–Crippen LogP) is 4.75. The number of rotatable bonds is 12. The second kappa shape index (κ2) is 12.4. The van der Waals surface area contributed by atoms with Crippen LogP contribution in [0.25, 0.3) is 11.0 Å². The quantitative estimate of drug-likeness (QED) is 0.186. The number of fused-ring (bicyclic) bond motifs is 1. The number of hydrogen-bond donors (Lipinski definition) is 2.